The molecule has 0 aliphatic heterocycles. The van der Waals surface area contributed by atoms with Crippen LogP contribution in [0.25, 0.3) is 11.3 Å². The fourth-order valence-electron chi connectivity index (χ4n) is 1.61. The third-order valence-corrected chi connectivity index (χ3v) is 2.57. The summed E-state index contributed by atoms with van der Waals surface area (Å²) in [5.74, 6) is 0.896. The van der Waals surface area contributed by atoms with Crippen LogP contribution >= 0.6 is 0 Å². The van der Waals surface area contributed by atoms with Gasteiger partial charge in [0.05, 0.1) is 5.69 Å². The summed E-state index contributed by atoms with van der Waals surface area (Å²) in [4.78, 5) is 8.50. The largest absolute Gasteiger partial charge is 0.370 e. The van der Waals surface area contributed by atoms with Crippen LogP contribution in [0.4, 0.5) is 5.82 Å². The van der Waals surface area contributed by atoms with E-state index in [1.54, 1.807) is 6.33 Å². The summed E-state index contributed by atoms with van der Waals surface area (Å²) in [6.07, 6.45) is 3.95. The van der Waals surface area contributed by atoms with Gasteiger partial charge in [0.1, 0.15) is 12.1 Å². The third kappa shape index (κ3) is 3.28. The van der Waals surface area contributed by atoms with Crippen LogP contribution in [0, 0.1) is 0 Å². The molecule has 0 aliphatic rings. The van der Waals surface area contributed by atoms with Crippen LogP contribution in [0.3, 0.4) is 0 Å². The van der Waals surface area contributed by atoms with Crippen LogP contribution in [-0.2, 0) is 0 Å². The van der Waals surface area contributed by atoms with Gasteiger partial charge in [-0.2, -0.15) is 0 Å². The first kappa shape index (κ1) is 11.6. The molecule has 88 valence electrons. The van der Waals surface area contributed by atoms with Crippen molar-refractivity contribution in [2.75, 3.05) is 11.9 Å². The normalized spacial score (nSPS) is 10.2. The summed E-state index contributed by atoms with van der Waals surface area (Å²) < 4.78 is 0. The predicted octanol–water partition coefficient (Wildman–Crippen LogP) is 3.36. The molecule has 1 N–H and O–H groups in total. The van der Waals surface area contributed by atoms with Crippen molar-refractivity contribution in [2.24, 2.45) is 0 Å². The van der Waals surface area contributed by atoms with Crippen LogP contribution in [0.1, 0.15) is 19.8 Å². The average Bonchev–Trinajstić information content (AvgIpc) is 2.41. The van der Waals surface area contributed by atoms with Gasteiger partial charge in [-0.3, -0.25) is 0 Å². The molecule has 0 amide bonds. The topological polar surface area (TPSA) is 37.8 Å². The first-order valence-corrected chi connectivity index (χ1v) is 6.01. The molecule has 1 heterocycles. The van der Waals surface area contributed by atoms with Crippen molar-refractivity contribution in [1.82, 2.24) is 9.97 Å². The molecule has 1 aromatic carbocycles. The summed E-state index contributed by atoms with van der Waals surface area (Å²) >= 11 is 0. The Morgan fingerprint density at radius 2 is 1.94 bits per heavy atom. The molecule has 0 fully saturated rings. The van der Waals surface area contributed by atoms with E-state index in [1.807, 2.05) is 24.3 Å². The monoisotopic (exact) mass is 227 g/mol. The number of nitrogens with one attached hydrogen (secondary N) is 1. The van der Waals surface area contributed by atoms with E-state index in [1.165, 1.54) is 6.42 Å². The number of nitrogens with zero attached hydrogens (tertiary/aromatic N) is 2. The standard InChI is InChI=1S/C14H17N3/c1-2-3-9-15-14-10-13(16-11-17-14)12-7-5-4-6-8-12/h4-8,10-11H,2-3,9H2,1H3,(H,15,16,17). The maximum Gasteiger partial charge on any atom is 0.129 e. The molecule has 0 unspecified atom stereocenters. The number of rotatable bonds is 5. The molecule has 2 rings (SSSR count). The lowest BCUT2D eigenvalue weighted by molar-refractivity contribution is 0.830. The van der Waals surface area contributed by atoms with E-state index in [-0.39, 0.29) is 0 Å². The Bertz CT molecular complexity index is 454. The number of hydrogen-bond acceptors (Lipinski definition) is 3. The molecule has 0 bridgehead atoms. The number of anilines is 1. The average molecular weight is 227 g/mol. The second-order valence-electron chi connectivity index (χ2n) is 3.93. The highest BCUT2D eigenvalue weighted by Crippen LogP contribution is 2.17. The molecule has 3 nitrogen and oxygen atoms in total. The van der Waals surface area contributed by atoms with E-state index < -0.39 is 0 Å². The lowest BCUT2D eigenvalue weighted by atomic mass is 10.1. The van der Waals surface area contributed by atoms with Crippen molar-refractivity contribution in [1.29, 1.82) is 0 Å². The Hall–Kier alpha value is -1.90. The number of unbranched alkanes of at least 4 members (excludes halogenated alkanes) is 1. The van der Waals surface area contributed by atoms with Crippen molar-refractivity contribution in [2.45, 2.75) is 19.8 Å². The van der Waals surface area contributed by atoms with Crippen molar-refractivity contribution in [3.8, 4) is 11.3 Å². The van der Waals surface area contributed by atoms with Crippen LogP contribution in [0.2, 0.25) is 0 Å². The van der Waals surface area contributed by atoms with Crippen molar-refractivity contribution < 1.29 is 0 Å². The van der Waals surface area contributed by atoms with Gasteiger partial charge in [-0.1, -0.05) is 43.7 Å². The fourth-order valence-corrected chi connectivity index (χ4v) is 1.61. The molecular formula is C14H17N3. The lowest BCUT2D eigenvalue weighted by Gasteiger charge is -2.06. The summed E-state index contributed by atoms with van der Waals surface area (Å²) in [7, 11) is 0. The van der Waals surface area contributed by atoms with Gasteiger partial charge < -0.3 is 5.32 Å². The highest BCUT2D eigenvalue weighted by molar-refractivity contribution is 5.61. The molecule has 1 aromatic heterocycles. The highest BCUT2D eigenvalue weighted by Gasteiger charge is 2.00. The van der Waals surface area contributed by atoms with Gasteiger partial charge in [-0.05, 0) is 6.42 Å². The fraction of sp³-hybridized carbons (Fsp3) is 0.286. The molecule has 0 aliphatic carbocycles. The van der Waals surface area contributed by atoms with Crippen LogP contribution in [0.15, 0.2) is 42.7 Å². The number of hydrogen-bond donors (Lipinski definition) is 1. The predicted molar refractivity (Wildman–Crippen MR) is 70.9 cm³/mol. The van der Waals surface area contributed by atoms with Gasteiger partial charge in [-0.15, -0.1) is 0 Å². The zero-order valence-electron chi connectivity index (χ0n) is 10.1. The Morgan fingerprint density at radius 3 is 2.71 bits per heavy atom. The molecule has 0 saturated heterocycles. The second-order valence-corrected chi connectivity index (χ2v) is 3.93. The van der Waals surface area contributed by atoms with Gasteiger partial charge in [0, 0.05) is 18.2 Å². The van der Waals surface area contributed by atoms with Gasteiger partial charge in [-0.25, -0.2) is 9.97 Å². The van der Waals surface area contributed by atoms with Gasteiger partial charge in [0.2, 0.25) is 0 Å². The van der Waals surface area contributed by atoms with E-state index in [0.717, 1.165) is 30.0 Å². The molecule has 3 heteroatoms. The SMILES string of the molecule is CCCCNc1cc(-c2ccccc2)ncn1. The molecule has 17 heavy (non-hydrogen) atoms. The summed E-state index contributed by atoms with van der Waals surface area (Å²) in [5.41, 5.74) is 2.08. The molecule has 0 saturated carbocycles. The van der Waals surface area contributed by atoms with Crippen LogP contribution < -0.4 is 5.32 Å². The Morgan fingerprint density at radius 1 is 1.12 bits per heavy atom. The van der Waals surface area contributed by atoms with Crippen molar-refractivity contribution in [3.63, 3.8) is 0 Å². The summed E-state index contributed by atoms with van der Waals surface area (Å²) in [6.45, 7) is 3.14. The van der Waals surface area contributed by atoms with Gasteiger partial charge in [0.25, 0.3) is 0 Å². The quantitative estimate of drug-likeness (QED) is 0.796. The smallest absolute Gasteiger partial charge is 0.129 e. The molecule has 0 atom stereocenters. The minimum atomic E-state index is 0.896. The number of aromatic nitrogens is 2. The van der Waals surface area contributed by atoms with E-state index >= 15 is 0 Å². The molecule has 0 spiro atoms. The first-order valence-electron chi connectivity index (χ1n) is 6.01. The highest BCUT2D eigenvalue weighted by atomic mass is 15.0. The van der Waals surface area contributed by atoms with E-state index in [9.17, 15) is 0 Å². The lowest BCUT2D eigenvalue weighted by Crippen LogP contribution is -2.03. The summed E-state index contributed by atoms with van der Waals surface area (Å²) in [6, 6.07) is 12.1. The van der Waals surface area contributed by atoms with Crippen molar-refractivity contribution >= 4 is 5.82 Å². The molecule has 0 radical (unpaired) electrons. The van der Waals surface area contributed by atoms with Crippen LogP contribution in [0.5, 0.6) is 0 Å². The minimum Gasteiger partial charge on any atom is -0.370 e. The zero-order valence-corrected chi connectivity index (χ0v) is 10.1. The maximum absolute atomic E-state index is 4.29. The van der Waals surface area contributed by atoms with Gasteiger partial charge in [0.15, 0.2) is 0 Å². The van der Waals surface area contributed by atoms with E-state index in [4.69, 9.17) is 0 Å². The first-order chi connectivity index (χ1) is 8.40. The Balaban J connectivity index is 2.12. The van der Waals surface area contributed by atoms with Crippen LogP contribution in [-0.4, -0.2) is 16.5 Å². The third-order valence-electron chi connectivity index (χ3n) is 2.57. The van der Waals surface area contributed by atoms with E-state index in [0.29, 0.717) is 0 Å². The van der Waals surface area contributed by atoms with Crippen molar-refractivity contribution in [3.05, 3.63) is 42.7 Å². The minimum absolute atomic E-state index is 0.896. The molecular weight excluding hydrogens is 210 g/mol. The maximum atomic E-state index is 4.29. The molecule has 2 aromatic rings. The Labute approximate surface area is 102 Å². The van der Waals surface area contributed by atoms with E-state index in [2.05, 4.69) is 34.3 Å². The Kier molecular flexibility index (Phi) is 4.08. The van der Waals surface area contributed by atoms with Gasteiger partial charge >= 0.3 is 0 Å². The second kappa shape index (κ2) is 5.99. The zero-order chi connectivity index (χ0) is 11.9. The number of benzene rings is 1. The summed E-state index contributed by atoms with van der Waals surface area (Å²) in [5, 5.41) is 3.30.